The molecule has 0 bridgehead atoms. The summed E-state index contributed by atoms with van der Waals surface area (Å²) >= 11 is 0. The van der Waals surface area contributed by atoms with Gasteiger partial charge in [-0.25, -0.2) is 13.2 Å². The minimum atomic E-state index is -2.71. The SMILES string of the molecule is CCCC1CCC(c2ccc(OCC(F)F)c(F)c2F)CC1. The first kappa shape index (κ1) is 17.1. The molecule has 0 N–H and O–H groups in total. The van der Waals surface area contributed by atoms with Crippen LogP contribution in [0.4, 0.5) is 17.6 Å². The normalized spacial score (nSPS) is 22.1. The van der Waals surface area contributed by atoms with E-state index < -0.39 is 30.4 Å². The molecular weight excluding hydrogens is 296 g/mol. The highest BCUT2D eigenvalue weighted by Gasteiger charge is 2.26. The van der Waals surface area contributed by atoms with Crippen molar-refractivity contribution in [3.8, 4) is 5.75 Å². The van der Waals surface area contributed by atoms with E-state index in [9.17, 15) is 17.6 Å². The lowest BCUT2D eigenvalue weighted by Gasteiger charge is -2.29. The molecule has 0 aromatic heterocycles. The molecule has 0 saturated heterocycles. The fraction of sp³-hybridized carbons (Fsp3) is 0.647. The van der Waals surface area contributed by atoms with Crippen molar-refractivity contribution in [2.24, 2.45) is 5.92 Å². The molecule has 5 heteroatoms. The molecule has 0 amide bonds. The molecule has 124 valence electrons. The molecule has 1 aliphatic rings. The average Bonchev–Trinajstić information content (AvgIpc) is 2.50. The Morgan fingerprint density at radius 1 is 1.09 bits per heavy atom. The number of alkyl halides is 2. The molecule has 22 heavy (non-hydrogen) atoms. The van der Waals surface area contributed by atoms with E-state index in [-0.39, 0.29) is 5.92 Å². The van der Waals surface area contributed by atoms with Crippen LogP contribution in [0.5, 0.6) is 5.75 Å². The summed E-state index contributed by atoms with van der Waals surface area (Å²) < 4.78 is 56.9. The highest BCUT2D eigenvalue weighted by molar-refractivity contribution is 5.33. The van der Waals surface area contributed by atoms with Gasteiger partial charge < -0.3 is 4.74 Å². The maximum atomic E-state index is 14.2. The topological polar surface area (TPSA) is 9.23 Å². The van der Waals surface area contributed by atoms with Crippen LogP contribution < -0.4 is 4.74 Å². The van der Waals surface area contributed by atoms with E-state index in [0.29, 0.717) is 11.5 Å². The van der Waals surface area contributed by atoms with Crippen LogP contribution >= 0.6 is 0 Å². The van der Waals surface area contributed by atoms with Crippen LogP contribution in [0, 0.1) is 17.6 Å². The van der Waals surface area contributed by atoms with E-state index in [4.69, 9.17) is 0 Å². The quantitative estimate of drug-likeness (QED) is 0.613. The smallest absolute Gasteiger partial charge is 0.272 e. The summed E-state index contributed by atoms with van der Waals surface area (Å²) in [5.74, 6) is -1.87. The van der Waals surface area contributed by atoms with Gasteiger partial charge in [0.1, 0.15) is 6.61 Å². The number of halogens is 4. The molecule has 0 heterocycles. The molecule has 2 rings (SSSR count). The van der Waals surface area contributed by atoms with Crippen LogP contribution in [-0.2, 0) is 0 Å². The van der Waals surface area contributed by atoms with Crippen molar-refractivity contribution in [1.29, 1.82) is 0 Å². The summed E-state index contributed by atoms with van der Waals surface area (Å²) in [4.78, 5) is 0. The first-order valence-corrected chi connectivity index (χ1v) is 7.91. The molecule has 1 fully saturated rings. The minimum Gasteiger partial charge on any atom is -0.484 e. The molecule has 1 aromatic rings. The van der Waals surface area contributed by atoms with E-state index in [1.54, 1.807) is 0 Å². The molecule has 0 spiro atoms. The zero-order valence-corrected chi connectivity index (χ0v) is 12.8. The summed E-state index contributed by atoms with van der Waals surface area (Å²) in [6, 6.07) is 2.73. The van der Waals surface area contributed by atoms with Crippen molar-refractivity contribution in [3.05, 3.63) is 29.3 Å². The van der Waals surface area contributed by atoms with Crippen LogP contribution in [-0.4, -0.2) is 13.0 Å². The average molecular weight is 318 g/mol. The Kier molecular flexibility index (Phi) is 6.09. The number of rotatable bonds is 6. The second-order valence-electron chi connectivity index (χ2n) is 5.99. The Morgan fingerprint density at radius 3 is 2.36 bits per heavy atom. The van der Waals surface area contributed by atoms with Crippen molar-refractivity contribution in [1.82, 2.24) is 0 Å². The Morgan fingerprint density at radius 2 is 1.77 bits per heavy atom. The molecule has 1 aliphatic carbocycles. The van der Waals surface area contributed by atoms with Gasteiger partial charge >= 0.3 is 0 Å². The van der Waals surface area contributed by atoms with Crippen molar-refractivity contribution in [2.45, 2.75) is 57.8 Å². The highest BCUT2D eigenvalue weighted by Crippen LogP contribution is 2.39. The van der Waals surface area contributed by atoms with E-state index >= 15 is 0 Å². The summed E-state index contributed by atoms with van der Waals surface area (Å²) in [5.41, 5.74) is 0.344. The van der Waals surface area contributed by atoms with E-state index in [1.165, 1.54) is 18.6 Å². The van der Waals surface area contributed by atoms with Gasteiger partial charge in [0, 0.05) is 0 Å². The van der Waals surface area contributed by atoms with Crippen molar-refractivity contribution >= 4 is 0 Å². The number of hydrogen-bond donors (Lipinski definition) is 0. The molecule has 0 aliphatic heterocycles. The number of ether oxygens (including phenoxy) is 1. The van der Waals surface area contributed by atoms with Crippen LogP contribution in [0.25, 0.3) is 0 Å². The zero-order chi connectivity index (χ0) is 16.1. The lowest BCUT2D eigenvalue weighted by molar-refractivity contribution is 0.0794. The highest BCUT2D eigenvalue weighted by atomic mass is 19.3. The standard InChI is InChI=1S/C17H22F4O/c1-2-3-11-4-6-12(7-5-11)13-8-9-14(17(21)16(13)20)22-10-15(18)19/h8-9,11-12,15H,2-7,10H2,1H3. The van der Waals surface area contributed by atoms with Crippen LogP contribution in [0.2, 0.25) is 0 Å². The van der Waals surface area contributed by atoms with Crippen LogP contribution in [0.1, 0.15) is 56.9 Å². The molecule has 1 aromatic carbocycles. The van der Waals surface area contributed by atoms with E-state index in [0.717, 1.165) is 32.1 Å². The maximum absolute atomic E-state index is 14.2. The van der Waals surface area contributed by atoms with Gasteiger partial charge in [-0.15, -0.1) is 0 Å². The van der Waals surface area contributed by atoms with Gasteiger partial charge in [-0.2, -0.15) is 4.39 Å². The molecule has 1 nitrogen and oxygen atoms in total. The zero-order valence-electron chi connectivity index (χ0n) is 12.8. The summed E-state index contributed by atoms with van der Waals surface area (Å²) in [6.45, 7) is 1.22. The Balaban J connectivity index is 2.05. The third-order valence-corrected chi connectivity index (χ3v) is 4.43. The minimum absolute atomic E-state index is 0.00625. The van der Waals surface area contributed by atoms with Gasteiger partial charge in [0.05, 0.1) is 0 Å². The Hall–Kier alpha value is -1.26. The van der Waals surface area contributed by atoms with Gasteiger partial charge in [0.15, 0.2) is 11.6 Å². The third kappa shape index (κ3) is 4.14. The molecule has 0 radical (unpaired) electrons. The van der Waals surface area contributed by atoms with Crippen molar-refractivity contribution < 1.29 is 22.3 Å². The summed E-state index contributed by atoms with van der Waals surface area (Å²) in [5, 5.41) is 0. The van der Waals surface area contributed by atoms with Gasteiger partial charge in [0.25, 0.3) is 6.43 Å². The van der Waals surface area contributed by atoms with Gasteiger partial charge in [-0.05, 0) is 49.1 Å². The number of benzene rings is 1. The predicted octanol–water partition coefficient (Wildman–Crippen LogP) is 5.68. The fourth-order valence-corrected chi connectivity index (χ4v) is 3.30. The van der Waals surface area contributed by atoms with E-state index in [2.05, 4.69) is 11.7 Å². The third-order valence-electron chi connectivity index (χ3n) is 4.43. The molecule has 0 atom stereocenters. The first-order valence-electron chi connectivity index (χ1n) is 7.91. The fourth-order valence-electron chi connectivity index (χ4n) is 3.30. The number of hydrogen-bond acceptors (Lipinski definition) is 1. The first-order chi connectivity index (χ1) is 10.5. The van der Waals surface area contributed by atoms with Crippen molar-refractivity contribution in [3.63, 3.8) is 0 Å². The monoisotopic (exact) mass is 318 g/mol. The lowest BCUT2D eigenvalue weighted by Crippen LogP contribution is -2.15. The second-order valence-corrected chi connectivity index (χ2v) is 5.99. The van der Waals surface area contributed by atoms with Gasteiger partial charge in [-0.1, -0.05) is 25.8 Å². The van der Waals surface area contributed by atoms with E-state index in [1.807, 2.05) is 0 Å². The lowest BCUT2D eigenvalue weighted by atomic mass is 9.77. The summed E-state index contributed by atoms with van der Waals surface area (Å²) in [7, 11) is 0. The second kappa shape index (κ2) is 7.84. The maximum Gasteiger partial charge on any atom is 0.272 e. The Bertz CT molecular complexity index is 482. The van der Waals surface area contributed by atoms with Crippen LogP contribution in [0.3, 0.4) is 0 Å². The molecular formula is C17H22F4O. The van der Waals surface area contributed by atoms with Gasteiger partial charge in [0.2, 0.25) is 5.82 Å². The molecule has 1 saturated carbocycles. The van der Waals surface area contributed by atoms with Crippen molar-refractivity contribution in [2.75, 3.05) is 6.61 Å². The van der Waals surface area contributed by atoms with Crippen LogP contribution in [0.15, 0.2) is 12.1 Å². The molecule has 0 unspecified atom stereocenters. The van der Waals surface area contributed by atoms with Gasteiger partial charge in [-0.3, -0.25) is 0 Å². The predicted molar refractivity (Wildman–Crippen MR) is 77.5 cm³/mol. The Labute approximate surface area is 128 Å². The summed E-state index contributed by atoms with van der Waals surface area (Å²) in [6.07, 6.45) is 3.37. The largest absolute Gasteiger partial charge is 0.484 e.